The number of alkyl halides is 3. The fourth-order valence-corrected chi connectivity index (χ4v) is 2.59. The molecule has 0 saturated heterocycles. The Morgan fingerprint density at radius 3 is 2.50 bits per heavy atom. The highest BCUT2D eigenvalue weighted by Crippen LogP contribution is 2.29. The second-order valence-corrected chi connectivity index (χ2v) is 5.97. The van der Waals surface area contributed by atoms with Crippen LogP contribution in [0.3, 0.4) is 0 Å². The first-order chi connectivity index (χ1) is 12.3. The molecule has 0 aliphatic heterocycles. The number of carbonyl (C=O) groups is 1. The van der Waals surface area contributed by atoms with Gasteiger partial charge in [-0.25, -0.2) is 4.68 Å². The highest BCUT2D eigenvalue weighted by atomic mass is 35.5. The van der Waals surface area contributed by atoms with Crippen LogP contribution in [-0.4, -0.2) is 15.7 Å². The van der Waals surface area contributed by atoms with E-state index >= 15 is 0 Å². The van der Waals surface area contributed by atoms with E-state index in [9.17, 15) is 18.0 Å². The van der Waals surface area contributed by atoms with Crippen molar-refractivity contribution >= 4 is 23.3 Å². The molecular weight excluding hydrogens is 367 g/mol. The number of hydrogen-bond donors (Lipinski definition) is 1. The van der Waals surface area contributed by atoms with Gasteiger partial charge in [0.2, 0.25) is 0 Å². The van der Waals surface area contributed by atoms with E-state index in [-0.39, 0.29) is 5.56 Å². The molecule has 0 bridgehead atoms. The number of nitrogens with one attached hydrogen (secondary N) is 1. The molecule has 0 aliphatic carbocycles. The number of carbonyl (C=O) groups excluding carboxylic acids is 1. The fraction of sp³-hybridized carbons (Fsp3) is 0.111. The number of halogens is 4. The van der Waals surface area contributed by atoms with Gasteiger partial charge in [-0.05, 0) is 42.0 Å². The first-order valence-corrected chi connectivity index (χ1v) is 7.95. The molecule has 1 heterocycles. The van der Waals surface area contributed by atoms with Crippen LogP contribution >= 0.6 is 11.6 Å². The van der Waals surface area contributed by atoms with Crippen LogP contribution in [0.25, 0.3) is 0 Å². The van der Waals surface area contributed by atoms with Gasteiger partial charge in [-0.2, -0.15) is 18.3 Å². The van der Waals surface area contributed by atoms with Crippen molar-refractivity contribution in [3.63, 3.8) is 0 Å². The van der Waals surface area contributed by atoms with E-state index in [0.717, 1.165) is 29.8 Å². The maximum absolute atomic E-state index is 12.6. The molecule has 0 aliphatic rings. The van der Waals surface area contributed by atoms with Crippen LogP contribution in [0.15, 0.2) is 60.8 Å². The number of anilines is 1. The van der Waals surface area contributed by atoms with Crippen LogP contribution < -0.4 is 5.32 Å². The Bertz CT molecular complexity index is 920. The summed E-state index contributed by atoms with van der Waals surface area (Å²) in [6, 6.07) is 12.8. The molecule has 4 nitrogen and oxygen atoms in total. The van der Waals surface area contributed by atoms with Crippen molar-refractivity contribution in [3.8, 4) is 0 Å². The molecule has 1 amide bonds. The number of amides is 1. The summed E-state index contributed by atoms with van der Waals surface area (Å²) >= 11 is 5.95. The summed E-state index contributed by atoms with van der Waals surface area (Å²) in [6.45, 7) is 0.385. The largest absolute Gasteiger partial charge is 0.416 e. The lowest BCUT2D eigenvalue weighted by Gasteiger charge is -2.10. The van der Waals surface area contributed by atoms with E-state index in [1.807, 2.05) is 12.1 Å². The van der Waals surface area contributed by atoms with Crippen LogP contribution in [0, 0.1) is 0 Å². The summed E-state index contributed by atoms with van der Waals surface area (Å²) in [7, 11) is 0. The summed E-state index contributed by atoms with van der Waals surface area (Å²) < 4.78 is 39.3. The third-order valence-electron chi connectivity index (χ3n) is 3.65. The maximum atomic E-state index is 12.6. The van der Waals surface area contributed by atoms with Gasteiger partial charge in [0.15, 0.2) is 0 Å². The summed E-state index contributed by atoms with van der Waals surface area (Å²) in [5.41, 5.74) is 0.208. The lowest BCUT2D eigenvalue weighted by atomic mass is 10.1. The molecule has 8 heteroatoms. The van der Waals surface area contributed by atoms with Gasteiger partial charge >= 0.3 is 6.18 Å². The summed E-state index contributed by atoms with van der Waals surface area (Å²) in [4.78, 5) is 12.3. The molecule has 0 atom stereocenters. The Balaban J connectivity index is 1.73. The standard InChI is InChI=1S/C18H13ClF3N3O/c19-15-3-1-2-12(10-15)11-25-16(8-9-23-25)24-17(26)13-4-6-14(7-5-13)18(20,21)22/h1-10H,11H2,(H,24,26). The molecule has 3 rings (SSSR count). The minimum atomic E-state index is -4.44. The lowest BCUT2D eigenvalue weighted by molar-refractivity contribution is -0.137. The Kier molecular flexibility index (Phi) is 4.99. The van der Waals surface area contributed by atoms with Gasteiger partial charge in [-0.15, -0.1) is 0 Å². The first kappa shape index (κ1) is 18.0. The third kappa shape index (κ3) is 4.23. The SMILES string of the molecule is O=C(Nc1ccnn1Cc1cccc(Cl)c1)c1ccc(C(F)(F)F)cc1. The Labute approximate surface area is 152 Å². The smallest absolute Gasteiger partial charge is 0.307 e. The summed E-state index contributed by atoms with van der Waals surface area (Å²) in [5, 5.41) is 7.38. The van der Waals surface area contributed by atoms with Crippen molar-refractivity contribution in [2.24, 2.45) is 0 Å². The molecule has 3 aromatic rings. The minimum absolute atomic E-state index is 0.119. The lowest BCUT2D eigenvalue weighted by Crippen LogP contribution is -2.16. The van der Waals surface area contributed by atoms with Crippen LogP contribution in [0.4, 0.5) is 19.0 Å². The average molecular weight is 380 g/mol. The molecule has 1 N–H and O–H groups in total. The first-order valence-electron chi connectivity index (χ1n) is 7.58. The van der Waals surface area contributed by atoms with E-state index in [2.05, 4.69) is 10.4 Å². The molecule has 26 heavy (non-hydrogen) atoms. The number of benzene rings is 2. The number of rotatable bonds is 4. The Morgan fingerprint density at radius 1 is 1.12 bits per heavy atom. The van der Waals surface area contributed by atoms with Crippen LogP contribution in [0.2, 0.25) is 5.02 Å². The van der Waals surface area contributed by atoms with Crippen LogP contribution in [0.1, 0.15) is 21.5 Å². The zero-order valence-corrected chi connectivity index (χ0v) is 14.1. The molecule has 134 valence electrons. The van der Waals surface area contributed by atoms with Gasteiger partial charge in [0, 0.05) is 16.7 Å². The highest BCUT2D eigenvalue weighted by Gasteiger charge is 2.30. The normalized spacial score (nSPS) is 11.4. The molecule has 0 unspecified atom stereocenters. The molecule has 1 aromatic heterocycles. The third-order valence-corrected chi connectivity index (χ3v) is 3.89. The van der Waals surface area contributed by atoms with Gasteiger partial charge < -0.3 is 5.32 Å². The van der Waals surface area contributed by atoms with Gasteiger partial charge in [-0.3, -0.25) is 4.79 Å². The fourth-order valence-electron chi connectivity index (χ4n) is 2.37. The predicted molar refractivity (Wildman–Crippen MR) is 92.2 cm³/mol. The quantitative estimate of drug-likeness (QED) is 0.704. The van der Waals surface area contributed by atoms with Crippen molar-refractivity contribution in [1.29, 1.82) is 0 Å². The molecule has 0 saturated carbocycles. The van der Waals surface area contributed by atoms with Crippen molar-refractivity contribution in [2.75, 3.05) is 5.32 Å². The highest BCUT2D eigenvalue weighted by molar-refractivity contribution is 6.30. The Morgan fingerprint density at radius 2 is 1.85 bits per heavy atom. The number of hydrogen-bond acceptors (Lipinski definition) is 2. The average Bonchev–Trinajstić information content (AvgIpc) is 3.01. The van der Waals surface area contributed by atoms with Crippen LogP contribution in [-0.2, 0) is 12.7 Å². The molecule has 0 radical (unpaired) electrons. The number of nitrogens with zero attached hydrogens (tertiary/aromatic N) is 2. The monoisotopic (exact) mass is 379 g/mol. The van der Waals surface area contributed by atoms with Gasteiger partial charge in [0.05, 0.1) is 18.3 Å². The van der Waals surface area contributed by atoms with E-state index in [0.29, 0.717) is 17.4 Å². The zero-order valence-electron chi connectivity index (χ0n) is 13.3. The minimum Gasteiger partial charge on any atom is -0.307 e. The van der Waals surface area contributed by atoms with E-state index in [1.165, 1.54) is 6.20 Å². The zero-order chi connectivity index (χ0) is 18.7. The molecule has 0 spiro atoms. The molecule has 2 aromatic carbocycles. The van der Waals surface area contributed by atoms with E-state index in [4.69, 9.17) is 11.6 Å². The predicted octanol–water partition coefficient (Wildman–Crippen LogP) is 4.86. The molecular formula is C18H13ClF3N3O. The Hall–Kier alpha value is -2.80. The second-order valence-electron chi connectivity index (χ2n) is 5.53. The maximum Gasteiger partial charge on any atom is 0.416 e. The second kappa shape index (κ2) is 7.21. The summed E-state index contributed by atoms with van der Waals surface area (Å²) in [6.07, 6.45) is -2.92. The van der Waals surface area contributed by atoms with E-state index in [1.54, 1.807) is 22.9 Å². The van der Waals surface area contributed by atoms with Crippen molar-refractivity contribution in [1.82, 2.24) is 9.78 Å². The van der Waals surface area contributed by atoms with Crippen molar-refractivity contribution in [2.45, 2.75) is 12.7 Å². The van der Waals surface area contributed by atoms with Gasteiger partial charge in [-0.1, -0.05) is 23.7 Å². The van der Waals surface area contributed by atoms with Gasteiger partial charge in [0.25, 0.3) is 5.91 Å². The van der Waals surface area contributed by atoms with Crippen molar-refractivity contribution in [3.05, 3.63) is 82.5 Å². The van der Waals surface area contributed by atoms with Gasteiger partial charge in [0.1, 0.15) is 5.82 Å². The topological polar surface area (TPSA) is 46.9 Å². The van der Waals surface area contributed by atoms with E-state index < -0.39 is 17.6 Å². The van der Waals surface area contributed by atoms with Crippen LogP contribution in [0.5, 0.6) is 0 Å². The van der Waals surface area contributed by atoms with Crippen molar-refractivity contribution < 1.29 is 18.0 Å². The number of aromatic nitrogens is 2. The molecule has 0 fully saturated rings. The summed E-state index contributed by atoms with van der Waals surface area (Å²) in [5.74, 6) is -0.0959.